The lowest BCUT2D eigenvalue weighted by atomic mass is 10.3. The number of carbonyl (C=O) groups excluding carboxylic acids is 2. The number of aromatic nitrogens is 2. The minimum Gasteiger partial charge on any atom is -0.490 e. The van der Waals surface area contributed by atoms with Crippen molar-refractivity contribution in [1.82, 2.24) is 21.0 Å². The highest BCUT2D eigenvalue weighted by molar-refractivity contribution is 5.82. The second kappa shape index (κ2) is 10.8. The molecule has 0 atom stereocenters. The van der Waals surface area contributed by atoms with Crippen LogP contribution in [-0.4, -0.2) is 35.2 Å². The largest absolute Gasteiger partial charge is 0.490 e. The predicted molar refractivity (Wildman–Crippen MR) is 96.0 cm³/mol. The van der Waals surface area contributed by atoms with Gasteiger partial charge in [-0.3, -0.25) is 20.4 Å². The molecule has 2 amide bonds. The van der Waals surface area contributed by atoms with Gasteiger partial charge in [0.25, 0.3) is 5.91 Å². The standard InChI is InChI=1S/C18H24N4O5/c1-3-7-15-19-18(27-22-15)11-10-16(23)20-21-17(24)12-26-14-9-6-5-8-13(14)25-4-2/h5-6,8-9H,3-4,7,10-12H2,1-2H3,(H,20,23)(H,21,24). The lowest BCUT2D eigenvalue weighted by Crippen LogP contribution is -2.43. The maximum absolute atomic E-state index is 11.8. The van der Waals surface area contributed by atoms with Crippen LogP contribution in [0.25, 0.3) is 0 Å². The second-order valence-corrected chi connectivity index (χ2v) is 5.62. The molecule has 0 aliphatic rings. The summed E-state index contributed by atoms with van der Waals surface area (Å²) in [6.07, 6.45) is 2.07. The fraction of sp³-hybridized carbons (Fsp3) is 0.444. The van der Waals surface area contributed by atoms with Crippen molar-refractivity contribution in [2.75, 3.05) is 13.2 Å². The summed E-state index contributed by atoms with van der Waals surface area (Å²) >= 11 is 0. The van der Waals surface area contributed by atoms with E-state index in [2.05, 4.69) is 21.0 Å². The van der Waals surface area contributed by atoms with Crippen LogP contribution in [0.1, 0.15) is 38.4 Å². The van der Waals surface area contributed by atoms with Crippen molar-refractivity contribution in [2.24, 2.45) is 0 Å². The van der Waals surface area contributed by atoms with Gasteiger partial charge in [-0.15, -0.1) is 0 Å². The molecule has 1 heterocycles. The van der Waals surface area contributed by atoms with Crippen LogP contribution in [0.15, 0.2) is 28.8 Å². The van der Waals surface area contributed by atoms with Crippen LogP contribution < -0.4 is 20.3 Å². The van der Waals surface area contributed by atoms with E-state index in [0.29, 0.717) is 36.2 Å². The smallest absolute Gasteiger partial charge is 0.276 e. The summed E-state index contributed by atoms with van der Waals surface area (Å²) in [5, 5.41) is 3.82. The number of nitrogens with zero attached hydrogens (tertiary/aromatic N) is 2. The molecular formula is C18H24N4O5. The Morgan fingerprint density at radius 3 is 2.44 bits per heavy atom. The number of amides is 2. The number of para-hydroxylation sites is 2. The Balaban J connectivity index is 1.68. The number of aryl methyl sites for hydroxylation is 2. The van der Waals surface area contributed by atoms with Crippen molar-refractivity contribution < 1.29 is 23.6 Å². The first kappa shape index (κ1) is 20.2. The van der Waals surface area contributed by atoms with E-state index in [-0.39, 0.29) is 18.9 Å². The Kier molecular flexibility index (Phi) is 8.08. The molecule has 0 spiro atoms. The number of nitrogens with one attached hydrogen (secondary N) is 2. The van der Waals surface area contributed by atoms with Gasteiger partial charge in [-0.2, -0.15) is 4.98 Å². The number of hydrogen-bond acceptors (Lipinski definition) is 7. The highest BCUT2D eigenvalue weighted by Gasteiger charge is 2.11. The molecule has 1 aromatic heterocycles. The van der Waals surface area contributed by atoms with Crippen molar-refractivity contribution in [3.05, 3.63) is 36.0 Å². The summed E-state index contributed by atoms with van der Waals surface area (Å²) in [7, 11) is 0. The summed E-state index contributed by atoms with van der Waals surface area (Å²) in [5.41, 5.74) is 4.62. The van der Waals surface area contributed by atoms with Crippen LogP contribution in [0.5, 0.6) is 11.5 Å². The number of hydrogen-bond donors (Lipinski definition) is 2. The number of rotatable bonds is 10. The van der Waals surface area contributed by atoms with E-state index < -0.39 is 5.91 Å². The van der Waals surface area contributed by atoms with Crippen LogP contribution in [0.2, 0.25) is 0 Å². The molecule has 0 saturated carbocycles. The first-order valence-corrected chi connectivity index (χ1v) is 8.86. The third-order valence-electron chi connectivity index (χ3n) is 3.40. The number of benzene rings is 1. The highest BCUT2D eigenvalue weighted by atomic mass is 16.5. The molecule has 9 heteroatoms. The van der Waals surface area contributed by atoms with Gasteiger partial charge in [-0.25, -0.2) is 0 Å². The summed E-state index contributed by atoms with van der Waals surface area (Å²) in [6.45, 7) is 4.11. The summed E-state index contributed by atoms with van der Waals surface area (Å²) < 4.78 is 15.9. The molecule has 2 aromatic rings. The Hall–Kier alpha value is -3.10. The normalized spacial score (nSPS) is 10.3. The zero-order valence-corrected chi connectivity index (χ0v) is 15.5. The van der Waals surface area contributed by atoms with Crippen LogP contribution in [0.3, 0.4) is 0 Å². The van der Waals surface area contributed by atoms with Crippen molar-refractivity contribution in [3.63, 3.8) is 0 Å². The quantitative estimate of drug-likeness (QED) is 0.605. The molecule has 0 saturated heterocycles. The maximum Gasteiger partial charge on any atom is 0.276 e. The van der Waals surface area contributed by atoms with Crippen LogP contribution in [0, 0.1) is 0 Å². The second-order valence-electron chi connectivity index (χ2n) is 5.62. The van der Waals surface area contributed by atoms with E-state index in [1.165, 1.54) is 0 Å². The first-order chi connectivity index (χ1) is 13.1. The SMILES string of the molecule is CCCc1noc(CCC(=O)NNC(=O)COc2ccccc2OCC)n1. The Morgan fingerprint density at radius 2 is 1.74 bits per heavy atom. The minimum absolute atomic E-state index is 0.113. The van der Waals surface area contributed by atoms with Gasteiger partial charge in [0, 0.05) is 19.3 Å². The summed E-state index contributed by atoms with van der Waals surface area (Å²) in [5.74, 6) is 1.19. The molecule has 1 aromatic carbocycles. The Labute approximate surface area is 157 Å². The predicted octanol–water partition coefficient (Wildman–Crippen LogP) is 1.58. The number of carbonyl (C=O) groups is 2. The van der Waals surface area contributed by atoms with Gasteiger partial charge in [-0.1, -0.05) is 24.2 Å². The fourth-order valence-corrected chi connectivity index (χ4v) is 2.16. The third-order valence-corrected chi connectivity index (χ3v) is 3.40. The van der Waals surface area contributed by atoms with Crippen LogP contribution in [0.4, 0.5) is 0 Å². The van der Waals surface area contributed by atoms with Gasteiger partial charge >= 0.3 is 0 Å². The summed E-state index contributed by atoms with van der Waals surface area (Å²) in [6, 6.07) is 7.05. The molecule has 2 rings (SSSR count). The van der Waals surface area contributed by atoms with Gasteiger partial charge in [-0.05, 0) is 25.5 Å². The lowest BCUT2D eigenvalue weighted by molar-refractivity contribution is -0.130. The van der Waals surface area contributed by atoms with Crippen LogP contribution >= 0.6 is 0 Å². The van der Waals surface area contributed by atoms with Crippen LogP contribution in [-0.2, 0) is 22.4 Å². The fourth-order valence-electron chi connectivity index (χ4n) is 2.16. The Bertz CT molecular complexity index is 747. The van der Waals surface area contributed by atoms with Gasteiger partial charge in [0.05, 0.1) is 6.61 Å². The molecule has 0 fully saturated rings. The molecule has 0 aliphatic heterocycles. The lowest BCUT2D eigenvalue weighted by Gasteiger charge is -2.11. The summed E-state index contributed by atoms with van der Waals surface area (Å²) in [4.78, 5) is 27.8. The molecule has 0 aliphatic carbocycles. The van der Waals surface area contributed by atoms with Crippen molar-refractivity contribution in [3.8, 4) is 11.5 Å². The molecule has 27 heavy (non-hydrogen) atoms. The molecule has 0 radical (unpaired) electrons. The van der Waals surface area contributed by atoms with Gasteiger partial charge in [0.1, 0.15) is 0 Å². The van der Waals surface area contributed by atoms with E-state index >= 15 is 0 Å². The maximum atomic E-state index is 11.8. The van der Waals surface area contributed by atoms with Crippen molar-refractivity contribution in [2.45, 2.75) is 39.5 Å². The Morgan fingerprint density at radius 1 is 1.04 bits per heavy atom. The average molecular weight is 376 g/mol. The van der Waals surface area contributed by atoms with E-state index in [1.54, 1.807) is 18.2 Å². The van der Waals surface area contributed by atoms with Crippen molar-refractivity contribution >= 4 is 11.8 Å². The van der Waals surface area contributed by atoms with Gasteiger partial charge < -0.3 is 14.0 Å². The van der Waals surface area contributed by atoms with E-state index in [9.17, 15) is 9.59 Å². The third kappa shape index (κ3) is 6.96. The number of ether oxygens (including phenoxy) is 2. The minimum atomic E-state index is -0.488. The van der Waals surface area contributed by atoms with Gasteiger partial charge in [0.15, 0.2) is 23.9 Å². The van der Waals surface area contributed by atoms with Crippen molar-refractivity contribution in [1.29, 1.82) is 0 Å². The monoisotopic (exact) mass is 376 g/mol. The highest BCUT2D eigenvalue weighted by Crippen LogP contribution is 2.26. The molecule has 146 valence electrons. The molecule has 0 unspecified atom stereocenters. The van der Waals surface area contributed by atoms with E-state index in [1.807, 2.05) is 19.9 Å². The molecule has 2 N–H and O–H groups in total. The number of hydrazine groups is 1. The zero-order chi connectivity index (χ0) is 19.5. The molecule has 0 bridgehead atoms. The first-order valence-electron chi connectivity index (χ1n) is 8.86. The molecule has 9 nitrogen and oxygen atoms in total. The molecular weight excluding hydrogens is 352 g/mol. The van der Waals surface area contributed by atoms with Gasteiger partial charge in [0.2, 0.25) is 11.8 Å². The topological polar surface area (TPSA) is 116 Å². The van der Waals surface area contributed by atoms with E-state index in [0.717, 1.165) is 12.8 Å². The average Bonchev–Trinajstić information content (AvgIpc) is 3.12. The van der Waals surface area contributed by atoms with E-state index in [4.69, 9.17) is 14.0 Å². The zero-order valence-electron chi connectivity index (χ0n) is 15.5.